The van der Waals surface area contributed by atoms with Crippen molar-refractivity contribution in [3.63, 3.8) is 0 Å². The van der Waals surface area contributed by atoms with Crippen LogP contribution in [0.3, 0.4) is 0 Å². The lowest BCUT2D eigenvalue weighted by Gasteiger charge is -2.23. The smallest absolute Gasteiger partial charge is 0.239 e. The molecule has 28 heavy (non-hydrogen) atoms. The van der Waals surface area contributed by atoms with E-state index in [1.54, 1.807) is 23.1 Å². The number of likely N-dealkylation sites (N-methyl/N-ethyl adjacent to an activating group) is 1. The summed E-state index contributed by atoms with van der Waals surface area (Å²) in [5.74, 6) is 0.545. The number of hydrogen-bond donors (Lipinski definition) is 1. The van der Waals surface area contributed by atoms with Gasteiger partial charge in [0.05, 0.1) is 42.1 Å². The quantitative estimate of drug-likeness (QED) is 0.543. The Kier molecular flexibility index (Phi) is 7.48. The first-order chi connectivity index (χ1) is 13.6. The minimum absolute atomic E-state index is 0.121. The number of carbonyl (C=O) groups is 1. The Balaban J connectivity index is 1.79. The minimum Gasteiger partial charge on any atom is -0.334 e. The van der Waals surface area contributed by atoms with Gasteiger partial charge in [-0.2, -0.15) is 0 Å². The number of fused-ring (bicyclic) bond motifs is 1. The number of nitrogens with one attached hydrogen (secondary N) is 1. The summed E-state index contributed by atoms with van der Waals surface area (Å²) < 4.78 is 1.14. The van der Waals surface area contributed by atoms with E-state index in [9.17, 15) is 4.79 Å². The number of nitrogens with zero attached hydrogens (tertiary/aromatic N) is 2. The van der Waals surface area contributed by atoms with Crippen LogP contribution in [0.25, 0.3) is 10.2 Å². The van der Waals surface area contributed by atoms with Crippen molar-refractivity contribution in [1.82, 2.24) is 4.98 Å². The monoisotopic (exact) mass is 414 g/mol. The van der Waals surface area contributed by atoms with Gasteiger partial charge in [0, 0.05) is 4.90 Å². The van der Waals surface area contributed by atoms with Crippen molar-refractivity contribution in [2.75, 3.05) is 36.8 Å². The van der Waals surface area contributed by atoms with Crippen molar-refractivity contribution in [1.29, 1.82) is 0 Å². The summed E-state index contributed by atoms with van der Waals surface area (Å²) in [5, 5.41) is 0.811. The van der Waals surface area contributed by atoms with Crippen LogP contribution in [-0.4, -0.2) is 42.8 Å². The van der Waals surface area contributed by atoms with Crippen LogP contribution in [0.5, 0.6) is 0 Å². The van der Waals surface area contributed by atoms with Crippen molar-refractivity contribution < 1.29 is 9.69 Å². The number of thiazole rings is 1. The molecule has 0 spiro atoms. The topological polar surface area (TPSA) is 37.6 Å². The Morgan fingerprint density at radius 2 is 1.89 bits per heavy atom. The molecule has 1 aromatic heterocycles. The Bertz CT molecular complexity index is 907. The standard InChI is InChI=1S/C22H27N3OS2/c1-4-24(5-2)13-14-25(21(26)16-27-18-9-7-6-8-10-18)22-23-19-12-11-17(3)15-20(19)28-22/h6-12,15H,4-5,13-14,16H2,1-3H3/p+1. The van der Waals surface area contributed by atoms with Gasteiger partial charge in [0.2, 0.25) is 5.91 Å². The summed E-state index contributed by atoms with van der Waals surface area (Å²) in [6, 6.07) is 16.4. The van der Waals surface area contributed by atoms with E-state index in [2.05, 4.69) is 32.9 Å². The molecule has 0 radical (unpaired) electrons. The van der Waals surface area contributed by atoms with Gasteiger partial charge in [0.25, 0.3) is 0 Å². The number of anilines is 1. The van der Waals surface area contributed by atoms with Gasteiger partial charge < -0.3 is 4.90 Å². The molecule has 0 saturated heterocycles. The number of carbonyl (C=O) groups excluding carboxylic acids is 1. The lowest BCUT2D eigenvalue weighted by atomic mass is 10.2. The van der Waals surface area contributed by atoms with Crippen LogP contribution >= 0.6 is 23.1 Å². The summed E-state index contributed by atoms with van der Waals surface area (Å²) in [5.41, 5.74) is 2.18. The summed E-state index contributed by atoms with van der Waals surface area (Å²) in [7, 11) is 0. The third kappa shape index (κ3) is 5.34. The SMILES string of the molecule is CC[NH+](CC)CCN(C(=O)CSc1ccccc1)c1nc2ccc(C)cc2s1. The van der Waals surface area contributed by atoms with Gasteiger partial charge in [-0.15, -0.1) is 11.8 Å². The molecule has 3 rings (SSSR count). The molecule has 6 heteroatoms. The van der Waals surface area contributed by atoms with Gasteiger partial charge in [-0.05, 0) is 50.6 Å². The van der Waals surface area contributed by atoms with Crippen LogP contribution in [0, 0.1) is 6.92 Å². The fourth-order valence-electron chi connectivity index (χ4n) is 3.08. The maximum Gasteiger partial charge on any atom is 0.239 e. The normalized spacial score (nSPS) is 11.3. The second kappa shape index (κ2) is 10.0. The van der Waals surface area contributed by atoms with E-state index in [1.165, 1.54) is 10.5 Å². The van der Waals surface area contributed by atoms with Crippen LogP contribution < -0.4 is 9.80 Å². The number of hydrogen-bond acceptors (Lipinski definition) is 4. The van der Waals surface area contributed by atoms with E-state index in [0.717, 1.165) is 39.9 Å². The molecule has 0 unspecified atom stereocenters. The summed E-state index contributed by atoms with van der Waals surface area (Å²) in [6.45, 7) is 10.2. The average Bonchev–Trinajstić information content (AvgIpc) is 3.13. The predicted molar refractivity (Wildman–Crippen MR) is 121 cm³/mol. The Hall–Kier alpha value is -1.89. The van der Waals surface area contributed by atoms with E-state index in [4.69, 9.17) is 4.98 Å². The highest BCUT2D eigenvalue weighted by molar-refractivity contribution is 8.00. The average molecular weight is 415 g/mol. The summed E-state index contributed by atoms with van der Waals surface area (Å²) in [4.78, 5) is 22.4. The van der Waals surface area contributed by atoms with Gasteiger partial charge in [0.15, 0.2) is 5.13 Å². The number of rotatable bonds is 9. The molecule has 0 fully saturated rings. The molecule has 0 atom stereocenters. The molecule has 1 heterocycles. The third-order valence-corrected chi connectivity index (χ3v) is 6.90. The molecule has 0 aliphatic heterocycles. The maximum atomic E-state index is 13.1. The lowest BCUT2D eigenvalue weighted by molar-refractivity contribution is -0.894. The van der Waals surface area contributed by atoms with Gasteiger partial charge in [0.1, 0.15) is 0 Å². The van der Waals surface area contributed by atoms with Crippen LogP contribution in [-0.2, 0) is 4.79 Å². The van der Waals surface area contributed by atoms with Gasteiger partial charge in [-0.25, -0.2) is 4.98 Å². The third-order valence-electron chi connectivity index (χ3n) is 4.86. The molecule has 1 amide bonds. The molecule has 1 N–H and O–H groups in total. The zero-order valence-electron chi connectivity index (χ0n) is 16.8. The fraction of sp³-hybridized carbons (Fsp3) is 0.364. The molecule has 148 valence electrons. The Morgan fingerprint density at radius 3 is 2.61 bits per heavy atom. The molecule has 0 saturated carbocycles. The number of aromatic nitrogens is 1. The number of quaternary nitrogens is 1. The van der Waals surface area contributed by atoms with E-state index in [-0.39, 0.29) is 5.91 Å². The van der Waals surface area contributed by atoms with Crippen molar-refractivity contribution in [3.05, 3.63) is 54.1 Å². The molecule has 4 nitrogen and oxygen atoms in total. The molecule has 0 bridgehead atoms. The summed E-state index contributed by atoms with van der Waals surface area (Å²) >= 11 is 3.20. The molecule has 2 aromatic carbocycles. The minimum atomic E-state index is 0.121. The molecule has 3 aromatic rings. The zero-order valence-corrected chi connectivity index (χ0v) is 18.4. The number of thioether (sulfide) groups is 1. The van der Waals surface area contributed by atoms with Crippen molar-refractivity contribution >= 4 is 44.4 Å². The van der Waals surface area contributed by atoms with E-state index in [1.807, 2.05) is 41.3 Å². The fourth-order valence-corrected chi connectivity index (χ4v) is 4.98. The number of amides is 1. The van der Waals surface area contributed by atoms with Crippen molar-refractivity contribution in [2.24, 2.45) is 0 Å². The van der Waals surface area contributed by atoms with Gasteiger partial charge in [-0.3, -0.25) is 9.69 Å². The van der Waals surface area contributed by atoms with Crippen molar-refractivity contribution in [3.8, 4) is 0 Å². The first kappa shape index (κ1) is 20.8. The Labute approximate surface area is 175 Å². The number of aryl methyl sites for hydroxylation is 1. The van der Waals surface area contributed by atoms with Crippen molar-refractivity contribution in [2.45, 2.75) is 25.7 Å². The molecule has 0 aliphatic rings. The maximum absolute atomic E-state index is 13.1. The zero-order chi connectivity index (χ0) is 19.9. The Morgan fingerprint density at radius 1 is 1.14 bits per heavy atom. The van der Waals surface area contributed by atoms with Crippen LogP contribution in [0.15, 0.2) is 53.4 Å². The van der Waals surface area contributed by atoms with Gasteiger partial charge >= 0.3 is 0 Å². The van der Waals surface area contributed by atoms with Crippen LogP contribution in [0.4, 0.5) is 5.13 Å². The first-order valence-corrected chi connectivity index (χ1v) is 11.6. The van der Waals surface area contributed by atoms with E-state index < -0.39 is 0 Å². The highest BCUT2D eigenvalue weighted by atomic mass is 32.2. The highest BCUT2D eigenvalue weighted by Gasteiger charge is 2.21. The molecular weight excluding hydrogens is 386 g/mol. The second-order valence-corrected chi connectivity index (χ2v) is 8.88. The number of benzene rings is 2. The molecule has 0 aliphatic carbocycles. The van der Waals surface area contributed by atoms with Gasteiger partial charge in [-0.1, -0.05) is 35.6 Å². The second-order valence-electron chi connectivity index (χ2n) is 6.82. The first-order valence-electron chi connectivity index (χ1n) is 9.79. The largest absolute Gasteiger partial charge is 0.334 e. The van der Waals surface area contributed by atoms with Crippen LogP contribution in [0.1, 0.15) is 19.4 Å². The summed E-state index contributed by atoms with van der Waals surface area (Å²) in [6.07, 6.45) is 0. The van der Waals surface area contributed by atoms with E-state index in [0.29, 0.717) is 12.3 Å². The predicted octanol–water partition coefficient (Wildman–Crippen LogP) is 3.65. The van der Waals surface area contributed by atoms with E-state index >= 15 is 0 Å². The van der Waals surface area contributed by atoms with Crippen LogP contribution in [0.2, 0.25) is 0 Å². The molecular formula is C22H28N3OS2+. The lowest BCUT2D eigenvalue weighted by Crippen LogP contribution is -3.12. The highest BCUT2D eigenvalue weighted by Crippen LogP contribution is 2.30.